The molecule has 0 aliphatic heterocycles. The van der Waals surface area contributed by atoms with Gasteiger partial charge in [0.25, 0.3) is 0 Å². The minimum absolute atomic E-state index is 0.0586. The van der Waals surface area contributed by atoms with Crippen LogP contribution in [0.1, 0.15) is 45.4 Å². The summed E-state index contributed by atoms with van der Waals surface area (Å²) in [6.07, 6.45) is 5.45. The standard InChI is InChI=1S/C17H25N3O/c1-10(2)9-12-14(17(12,3)4)16(21)18-15-11-7-6-8-13(11)19-20(15)5/h9,12,14H,6-8H2,1-5H3,(H,18,21). The van der Waals surface area contributed by atoms with Gasteiger partial charge in [0.15, 0.2) is 0 Å². The summed E-state index contributed by atoms with van der Waals surface area (Å²) < 4.78 is 1.83. The van der Waals surface area contributed by atoms with E-state index in [0.717, 1.165) is 30.8 Å². The Hall–Kier alpha value is -1.58. The van der Waals surface area contributed by atoms with E-state index in [4.69, 9.17) is 0 Å². The number of carbonyl (C=O) groups is 1. The number of aryl methyl sites for hydroxylation is 2. The van der Waals surface area contributed by atoms with Gasteiger partial charge in [-0.2, -0.15) is 5.10 Å². The number of nitrogens with zero attached hydrogens (tertiary/aromatic N) is 2. The van der Waals surface area contributed by atoms with Crippen LogP contribution >= 0.6 is 0 Å². The van der Waals surface area contributed by atoms with Gasteiger partial charge in [0.1, 0.15) is 5.82 Å². The lowest BCUT2D eigenvalue weighted by atomic mass is 10.1. The molecule has 1 aromatic rings. The summed E-state index contributed by atoms with van der Waals surface area (Å²) >= 11 is 0. The lowest BCUT2D eigenvalue weighted by Gasteiger charge is -2.08. The summed E-state index contributed by atoms with van der Waals surface area (Å²) in [4.78, 5) is 12.7. The molecule has 1 amide bonds. The minimum Gasteiger partial charge on any atom is -0.310 e. The van der Waals surface area contributed by atoms with Gasteiger partial charge in [0, 0.05) is 12.6 Å². The molecular weight excluding hydrogens is 262 g/mol. The predicted octanol–water partition coefficient (Wildman–Crippen LogP) is 3.09. The summed E-state index contributed by atoms with van der Waals surface area (Å²) in [5, 5.41) is 7.66. The molecule has 1 fully saturated rings. The number of hydrogen-bond donors (Lipinski definition) is 1. The summed E-state index contributed by atoms with van der Waals surface area (Å²) in [6.45, 7) is 8.54. The van der Waals surface area contributed by atoms with Gasteiger partial charge in [-0.05, 0) is 44.4 Å². The maximum atomic E-state index is 12.7. The predicted molar refractivity (Wildman–Crippen MR) is 84.1 cm³/mol. The number of fused-ring (bicyclic) bond motifs is 1. The summed E-state index contributed by atoms with van der Waals surface area (Å²) in [6, 6.07) is 0. The zero-order valence-corrected chi connectivity index (χ0v) is 13.7. The fraction of sp³-hybridized carbons (Fsp3) is 0.647. The Bertz CT molecular complexity index is 620. The average molecular weight is 287 g/mol. The van der Waals surface area contributed by atoms with Crippen LogP contribution in [-0.2, 0) is 24.7 Å². The topological polar surface area (TPSA) is 46.9 Å². The first kappa shape index (κ1) is 14.4. The summed E-state index contributed by atoms with van der Waals surface area (Å²) in [5.74, 6) is 1.47. The van der Waals surface area contributed by atoms with Crippen molar-refractivity contribution >= 4 is 11.7 Å². The quantitative estimate of drug-likeness (QED) is 0.868. The van der Waals surface area contributed by atoms with E-state index in [-0.39, 0.29) is 17.2 Å². The van der Waals surface area contributed by atoms with Gasteiger partial charge in [0.2, 0.25) is 5.91 Å². The van der Waals surface area contributed by atoms with Crippen LogP contribution in [0.15, 0.2) is 11.6 Å². The average Bonchev–Trinajstić information content (AvgIpc) is 2.71. The Morgan fingerprint density at radius 2 is 2.10 bits per heavy atom. The highest BCUT2D eigenvalue weighted by Gasteiger charge is 2.60. The fourth-order valence-corrected chi connectivity index (χ4v) is 3.72. The molecule has 114 valence electrons. The third kappa shape index (κ3) is 2.30. The molecule has 1 saturated carbocycles. The molecule has 0 aromatic carbocycles. The Morgan fingerprint density at radius 1 is 1.38 bits per heavy atom. The van der Waals surface area contributed by atoms with E-state index in [2.05, 4.69) is 44.2 Å². The van der Waals surface area contributed by atoms with Crippen LogP contribution in [0.4, 0.5) is 5.82 Å². The summed E-state index contributed by atoms with van der Waals surface area (Å²) in [7, 11) is 1.92. The van der Waals surface area contributed by atoms with Crippen LogP contribution in [-0.4, -0.2) is 15.7 Å². The van der Waals surface area contributed by atoms with Gasteiger partial charge in [0.05, 0.1) is 11.6 Å². The maximum absolute atomic E-state index is 12.7. The van der Waals surface area contributed by atoms with Gasteiger partial charge < -0.3 is 5.32 Å². The molecule has 1 aromatic heterocycles. The van der Waals surface area contributed by atoms with Crippen LogP contribution in [0.2, 0.25) is 0 Å². The maximum Gasteiger partial charge on any atom is 0.229 e. The van der Waals surface area contributed by atoms with Gasteiger partial charge >= 0.3 is 0 Å². The molecule has 1 heterocycles. The van der Waals surface area contributed by atoms with Crippen molar-refractivity contribution in [1.82, 2.24) is 9.78 Å². The second kappa shape index (κ2) is 4.72. The van der Waals surface area contributed by atoms with E-state index < -0.39 is 0 Å². The van der Waals surface area contributed by atoms with E-state index in [1.165, 1.54) is 11.1 Å². The molecule has 0 saturated heterocycles. The van der Waals surface area contributed by atoms with Gasteiger partial charge in [-0.15, -0.1) is 0 Å². The fourth-order valence-electron chi connectivity index (χ4n) is 3.72. The van der Waals surface area contributed by atoms with Crippen LogP contribution in [0.25, 0.3) is 0 Å². The van der Waals surface area contributed by atoms with Gasteiger partial charge in [-0.3, -0.25) is 9.48 Å². The van der Waals surface area contributed by atoms with E-state index >= 15 is 0 Å². The lowest BCUT2D eigenvalue weighted by Crippen LogP contribution is -2.19. The van der Waals surface area contributed by atoms with Crippen molar-refractivity contribution in [1.29, 1.82) is 0 Å². The molecule has 4 nitrogen and oxygen atoms in total. The Labute approximate surface area is 126 Å². The van der Waals surface area contributed by atoms with Crippen molar-refractivity contribution in [2.75, 3.05) is 5.32 Å². The Balaban J connectivity index is 1.78. The van der Waals surface area contributed by atoms with Crippen molar-refractivity contribution in [3.8, 4) is 0 Å². The minimum atomic E-state index is 0.0586. The number of amides is 1. The lowest BCUT2D eigenvalue weighted by molar-refractivity contribution is -0.118. The van der Waals surface area contributed by atoms with Crippen LogP contribution < -0.4 is 5.32 Å². The number of aromatic nitrogens is 2. The first-order valence-electron chi connectivity index (χ1n) is 7.83. The molecular formula is C17H25N3O. The van der Waals surface area contributed by atoms with Gasteiger partial charge in [-0.25, -0.2) is 0 Å². The Morgan fingerprint density at radius 3 is 2.76 bits per heavy atom. The largest absolute Gasteiger partial charge is 0.310 e. The molecule has 0 radical (unpaired) electrons. The number of allylic oxidation sites excluding steroid dienone is 2. The number of anilines is 1. The number of hydrogen-bond acceptors (Lipinski definition) is 2. The number of nitrogens with one attached hydrogen (secondary N) is 1. The SMILES string of the molecule is CC(C)=CC1C(C(=O)Nc2c3c(nn2C)CCC3)C1(C)C. The molecule has 0 spiro atoms. The van der Waals surface area contributed by atoms with E-state index in [0.29, 0.717) is 5.92 Å². The van der Waals surface area contributed by atoms with Crippen LogP contribution in [0.5, 0.6) is 0 Å². The monoisotopic (exact) mass is 287 g/mol. The molecule has 0 bridgehead atoms. The number of rotatable bonds is 3. The third-order valence-corrected chi connectivity index (χ3v) is 5.02. The highest BCUT2D eigenvalue weighted by molar-refractivity contribution is 5.95. The highest BCUT2D eigenvalue weighted by Crippen LogP contribution is 2.59. The first-order chi connectivity index (χ1) is 9.82. The van der Waals surface area contributed by atoms with Crippen molar-refractivity contribution < 1.29 is 4.79 Å². The molecule has 1 N–H and O–H groups in total. The molecule has 3 rings (SSSR count). The van der Waals surface area contributed by atoms with Crippen molar-refractivity contribution in [3.63, 3.8) is 0 Å². The van der Waals surface area contributed by atoms with Gasteiger partial charge in [-0.1, -0.05) is 25.5 Å². The number of carbonyl (C=O) groups excluding carboxylic acids is 1. The zero-order chi connectivity index (χ0) is 15.4. The zero-order valence-electron chi connectivity index (χ0n) is 13.7. The molecule has 2 aliphatic rings. The normalized spacial score (nSPS) is 25.4. The molecule has 2 unspecified atom stereocenters. The van der Waals surface area contributed by atoms with E-state index in [9.17, 15) is 4.79 Å². The van der Waals surface area contributed by atoms with E-state index in [1.807, 2.05) is 11.7 Å². The van der Waals surface area contributed by atoms with E-state index in [1.54, 1.807) is 0 Å². The third-order valence-electron chi connectivity index (χ3n) is 5.02. The van der Waals surface area contributed by atoms with Crippen molar-refractivity contribution in [2.45, 2.75) is 47.0 Å². The smallest absolute Gasteiger partial charge is 0.229 e. The second-order valence-electron chi connectivity index (χ2n) is 7.31. The van der Waals surface area contributed by atoms with Crippen molar-refractivity contribution in [2.24, 2.45) is 24.3 Å². The first-order valence-corrected chi connectivity index (χ1v) is 7.83. The van der Waals surface area contributed by atoms with Crippen LogP contribution in [0.3, 0.4) is 0 Å². The van der Waals surface area contributed by atoms with Crippen molar-refractivity contribution in [3.05, 3.63) is 22.9 Å². The highest BCUT2D eigenvalue weighted by atomic mass is 16.2. The molecule has 2 atom stereocenters. The Kier molecular flexibility index (Phi) is 3.23. The second-order valence-corrected chi connectivity index (χ2v) is 7.31. The molecule has 4 heteroatoms. The van der Waals surface area contributed by atoms with Crippen LogP contribution in [0, 0.1) is 17.3 Å². The summed E-state index contributed by atoms with van der Waals surface area (Å²) in [5.41, 5.74) is 3.74. The molecule has 21 heavy (non-hydrogen) atoms. The molecule has 2 aliphatic carbocycles.